The van der Waals surface area contributed by atoms with E-state index in [2.05, 4.69) is 36.9 Å². The van der Waals surface area contributed by atoms with Crippen molar-refractivity contribution in [3.05, 3.63) is 102 Å². The van der Waals surface area contributed by atoms with Crippen molar-refractivity contribution in [1.82, 2.24) is 66.5 Å². The number of likely N-dealkylation sites (N-methyl/N-ethyl adjacent to an activating group) is 2. The van der Waals surface area contributed by atoms with E-state index in [4.69, 9.17) is 11.5 Å². The van der Waals surface area contributed by atoms with Crippen LogP contribution in [0, 0.1) is 11.8 Å². The molecule has 12 atom stereocenters. The lowest BCUT2D eigenvalue weighted by Crippen LogP contribution is -2.61. The van der Waals surface area contributed by atoms with Crippen molar-refractivity contribution < 1.29 is 78.1 Å². The van der Waals surface area contributed by atoms with Gasteiger partial charge in [0.2, 0.25) is 65.0 Å². The van der Waals surface area contributed by atoms with Crippen LogP contribution in [0.3, 0.4) is 0 Å². The van der Waals surface area contributed by atoms with E-state index in [0.29, 0.717) is 38.5 Å². The van der Waals surface area contributed by atoms with Gasteiger partial charge in [-0.15, -0.1) is 0 Å². The molecular formula is C67H89N15O16. The molecule has 0 saturated carbocycles. The maximum Gasteiger partial charge on any atom is 0.323 e. The summed E-state index contributed by atoms with van der Waals surface area (Å²) in [6.45, 7) is 3.32. The molecule has 5 aromatic rings. The number of nitrogens with two attached hydrogens (primary N) is 2. The highest BCUT2D eigenvalue weighted by Gasteiger charge is 2.45. The quantitative estimate of drug-likeness (QED) is 0.0465. The number of carbonyl (C=O) groups is 12. The minimum Gasteiger partial charge on any atom is -0.508 e. The number of aliphatic carboxylic acids is 1. The van der Waals surface area contributed by atoms with Gasteiger partial charge < -0.3 is 93.0 Å². The first-order chi connectivity index (χ1) is 46.5. The number of carboxylic acids is 1. The summed E-state index contributed by atoms with van der Waals surface area (Å²) in [6, 6.07) is 5.00. The van der Waals surface area contributed by atoms with Crippen LogP contribution in [0.25, 0.3) is 21.8 Å². The monoisotopic (exact) mass is 1360 g/mol. The number of carboxylic acid groups (broad SMARTS) is 1. The number of hydrogen-bond donors (Lipinski definition) is 14. The first-order valence-electron chi connectivity index (χ1n) is 32.6. The number of nitrogens with one attached hydrogen (secondary N) is 8. The van der Waals surface area contributed by atoms with E-state index in [1.807, 2.05) is 5.48 Å². The van der Waals surface area contributed by atoms with Gasteiger partial charge in [-0.05, 0) is 92.3 Å². The normalized spacial score (nSPS) is 25.0. The SMILES string of the molecule is CC(C)C[C@@H]1NC(=O)[C@H](CNO)NC(=O)[C@@H]2CCCN2C(=O)[C@H](CC(N)=O)NC(=O)[C@H](C)N(C)C(=O)[C@H](Cc2ccc(O)cc2)C(N)CC[C@@H](C(=O)N[C@@H](Cc2cn(CC(=O)O)c3ccccc23)C(=O)N(C)C)NC(=O)[C@H](Cc2c[nH]c3ccccc23)NC(=O)[C@@H]2C[C@@H](O)CN2C1=O. The predicted molar refractivity (Wildman–Crippen MR) is 354 cm³/mol. The van der Waals surface area contributed by atoms with Crippen molar-refractivity contribution in [2.45, 2.75) is 158 Å². The smallest absolute Gasteiger partial charge is 0.323 e. The second-order valence-corrected chi connectivity index (χ2v) is 26.2. The van der Waals surface area contributed by atoms with Crippen molar-refractivity contribution in [2.24, 2.45) is 23.3 Å². The Morgan fingerprint density at radius 3 is 2.03 bits per heavy atom. The summed E-state index contributed by atoms with van der Waals surface area (Å²) in [4.78, 5) is 180. The van der Waals surface area contributed by atoms with Gasteiger partial charge in [0.25, 0.3) is 0 Å². The number of nitrogens with zero attached hydrogens (tertiary/aromatic N) is 5. The molecule has 0 bridgehead atoms. The maximum absolute atomic E-state index is 15.5. The maximum atomic E-state index is 15.5. The van der Waals surface area contributed by atoms with E-state index in [1.165, 1.54) is 49.7 Å². The summed E-state index contributed by atoms with van der Waals surface area (Å²) in [5, 5.41) is 58.7. The Kier molecular flexibility index (Phi) is 24.7. The summed E-state index contributed by atoms with van der Waals surface area (Å²) in [7, 11) is 4.23. The molecule has 3 aromatic carbocycles. The number of aromatic hydroxyl groups is 1. The van der Waals surface area contributed by atoms with E-state index in [0.717, 1.165) is 14.7 Å². The molecule has 1 unspecified atom stereocenters. The second kappa shape index (κ2) is 32.8. The number of amides is 11. The van der Waals surface area contributed by atoms with Crippen LogP contribution in [-0.4, -0.2) is 228 Å². The number of primary amides is 1. The molecule has 3 saturated heterocycles. The highest BCUT2D eigenvalue weighted by Crippen LogP contribution is 2.28. The number of fused-ring (bicyclic) bond motifs is 4. The van der Waals surface area contributed by atoms with Gasteiger partial charge in [-0.1, -0.05) is 62.4 Å². The van der Waals surface area contributed by atoms with Crippen LogP contribution in [-0.2, 0) is 83.3 Å². The van der Waals surface area contributed by atoms with Crippen molar-refractivity contribution in [3.8, 4) is 5.75 Å². The Morgan fingerprint density at radius 1 is 0.724 bits per heavy atom. The molecule has 11 amide bonds. The van der Waals surface area contributed by atoms with Crippen LogP contribution in [0.1, 0.15) is 82.4 Å². The molecule has 0 spiro atoms. The molecule has 8 rings (SSSR count). The van der Waals surface area contributed by atoms with Crippen LogP contribution in [0.2, 0.25) is 0 Å². The number of phenols is 1. The highest BCUT2D eigenvalue weighted by molar-refractivity contribution is 6.00. The number of H-pyrrole nitrogens is 1. The largest absolute Gasteiger partial charge is 0.508 e. The molecule has 3 aliphatic rings. The standard InChI is InChI=1S/C67H89N15O16/c1-35(2)24-49-67(97)82-33-41(84)28-55(82)63(93)73-48(26-38-30-70-46-14-9-7-12-42(38)46)60(90)72-47(59(89)76-50(65(95)78(4)5)27-39-32-80(34-57(86)87)53-15-10-8-13-43(39)53)22-21-45(68)44(25-37-17-19-40(83)20-18-37)64(94)79(6)36(3)58(88)74-51(29-56(69)85)66(96)81-23-11-16-54(81)62(92)77-52(31-71-98)61(91)75-49/h7-10,12-15,17-20,30,32,35-36,41,44-45,47-52,54-55,70-71,83-84,98H,11,16,21-29,31,33-34,68H2,1-6H3,(H2,69,85)(H,72,90)(H,73,93)(H,74,88)(H,75,91)(H,76,89)(H,77,92)(H,86,87)/t36-,41+,44+,45?,47-,48-,49-,50-,51-,52-,54-,55-/m0/s1. The molecule has 5 heterocycles. The molecule has 31 nitrogen and oxygen atoms in total. The van der Waals surface area contributed by atoms with Gasteiger partial charge in [-0.25, -0.2) is 5.48 Å². The zero-order valence-electron chi connectivity index (χ0n) is 55.6. The van der Waals surface area contributed by atoms with Crippen LogP contribution < -0.4 is 48.8 Å². The van der Waals surface area contributed by atoms with E-state index in [1.54, 1.807) is 86.9 Å². The number of aliphatic hydroxyl groups excluding tert-OH is 1. The number of aromatic amines is 1. The molecule has 0 aliphatic carbocycles. The van der Waals surface area contributed by atoms with Gasteiger partial charge in [-0.2, -0.15) is 0 Å². The topological polar surface area (TPSA) is 456 Å². The lowest BCUT2D eigenvalue weighted by Gasteiger charge is -2.34. The number of phenolic OH excluding ortho intramolecular Hbond substituents is 1. The molecule has 528 valence electrons. The predicted octanol–water partition coefficient (Wildman–Crippen LogP) is -1.63. The lowest BCUT2D eigenvalue weighted by atomic mass is 9.87. The van der Waals surface area contributed by atoms with Crippen LogP contribution in [0.15, 0.2) is 85.2 Å². The van der Waals surface area contributed by atoms with Gasteiger partial charge in [-0.3, -0.25) is 57.5 Å². The molecule has 3 aliphatic heterocycles. The van der Waals surface area contributed by atoms with Crippen molar-refractivity contribution in [2.75, 3.05) is 40.8 Å². The summed E-state index contributed by atoms with van der Waals surface area (Å²) < 4.78 is 1.49. The van der Waals surface area contributed by atoms with Crippen molar-refractivity contribution in [1.29, 1.82) is 0 Å². The fraction of sp³-hybridized carbons (Fsp3) is 0.493. The summed E-state index contributed by atoms with van der Waals surface area (Å²) in [5.41, 5.74) is 17.3. The van der Waals surface area contributed by atoms with Crippen LogP contribution in [0.4, 0.5) is 0 Å². The minimum absolute atomic E-state index is 0.0397. The number of hydrogen-bond acceptors (Lipinski definition) is 17. The molecule has 3 fully saturated rings. The number of hydroxylamine groups is 1. The van der Waals surface area contributed by atoms with Crippen molar-refractivity contribution in [3.63, 3.8) is 0 Å². The third-order valence-corrected chi connectivity index (χ3v) is 18.3. The Bertz CT molecular complexity index is 3780. The summed E-state index contributed by atoms with van der Waals surface area (Å²) in [5.74, 6) is -12.6. The zero-order valence-corrected chi connectivity index (χ0v) is 55.6. The van der Waals surface area contributed by atoms with Gasteiger partial charge in [0.05, 0.1) is 25.0 Å². The van der Waals surface area contributed by atoms with Gasteiger partial charge in [0.15, 0.2) is 0 Å². The van der Waals surface area contributed by atoms with E-state index in [-0.39, 0.29) is 76.0 Å². The zero-order chi connectivity index (χ0) is 71.4. The van der Waals surface area contributed by atoms with Crippen molar-refractivity contribution >= 4 is 92.8 Å². The Hall–Kier alpha value is -9.98. The van der Waals surface area contributed by atoms with Gasteiger partial charge in [0, 0.05) is 93.7 Å². The Balaban J connectivity index is 1.23. The highest BCUT2D eigenvalue weighted by atomic mass is 16.5. The Morgan fingerprint density at radius 2 is 1.36 bits per heavy atom. The molecule has 16 N–H and O–H groups in total. The number of rotatable bonds is 17. The number of aliphatic hydroxyl groups is 1. The molecular weight excluding hydrogens is 1270 g/mol. The fourth-order valence-electron chi connectivity index (χ4n) is 13.0. The first kappa shape index (κ1) is 73.8. The third kappa shape index (κ3) is 18.2. The van der Waals surface area contributed by atoms with Crippen LogP contribution in [0.5, 0.6) is 5.75 Å². The van der Waals surface area contributed by atoms with Gasteiger partial charge >= 0.3 is 5.97 Å². The summed E-state index contributed by atoms with van der Waals surface area (Å²) in [6.07, 6.45) is -0.196. The average molecular weight is 1360 g/mol. The fourth-order valence-corrected chi connectivity index (χ4v) is 13.0. The molecule has 2 aromatic heterocycles. The number of carbonyl (C=O) groups excluding carboxylic acids is 11. The molecule has 98 heavy (non-hydrogen) atoms. The van der Waals surface area contributed by atoms with Crippen LogP contribution >= 0.6 is 0 Å². The van der Waals surface area contributed by atoms with E-state index >= 15 is 19.2 Å². The minimum atomic E-state index is -1.69. The summed E-state index contributed by atoms with van der Waals surface area (Å²) >= 11 is 0. The van der Waals surface area contributed by atoms with E-state index in [9.17, 15) is 58.9 Å². The van der Waals surface area contributed by atoms with E-state index < -0.39 is 169 Å². The third-order valence-electron chi connectivity index (χ3n) is 18.3. The average Bonchev–Trinajstić information content (AvgIpc) is 1.63. The Labute approximate surface area is 565 Å². The lowest BCUT2D eigenvalue weighted by molar-refractivity contribution is -0.146. The first-order valence-corrected chi connectivity index (χ1v) is 32.6. The van der Waals surface area contributed by atoms with Gasteiger partial charge in [0.1, 0.15) is 66.7 Å². The number of aromatic nitrogens is 2. The number of para-hydroxylation sites is 2. The number of benzene rings is 3. The second-order valence-electron chi connectivity index (χ2n) is 26.2. The molecule has 0 radical (unpaired) electrons. The molecule has 31 heteroatoms.